The van der Waals surface area contributed by atoms with E-state index in [4.69, 9.17) is 0 Å². The molecule has 3 rings (SSSR count). The molecule has 5 nitrogen and oxygen atoms in total. The van der Waals surface area contributed by atoms with Gasteiger partial charge in [-0.1, -0.05) is 42.5 Å². The Labute approximate surface area is 142 Å². The first kappa shape index (κ1) is 15.9. The molecule has 1 aromatic heterocycles. The number of nitrogens with one attached hydrogen (secondary N) is 1. The van der Waals surface area contributed by atoms with Gasteiger partial charge in [0.2, 0.25) is 5.95 Å². The lowest BCUT2D eigenvalue weighted by atomic mass is 10.1. The van der Waals surface area contributed by atoms with Gasteiger partial charge in [-0.25, -0.2) is 0 Å². The zero-order valence-corrected chi connectivity index (χ0v) is 14.0. The van der Waals surface area contributed by atoms with Crippen LogP contribution >= 0.6 is 0 Å². The van der Waals surface area contributed by atoms with Crippen LogP contribution in [0.5, 0.6) is 0 Å². The molecule has 0 unspecified atom stereocenters. The lowest BCUT2D eigenvalue weighted by Crippen LogP contribution is -2.18. The van der Waals surface area contributed by atoms with E-state index in [2.05, 4.69) is 63.5 Å². The quantitative estimate of drug-likeness (QED) is 0.745. The maximum Gasteiger partial charge on any atom is 0.244 e. The van der Waals surface area contributed by atoms with E-state index in [0.29, 0.717) is 12.5 Å². The fourth-order valence-electron chi connectivity index (χ4n) is 2.57. The molecule has 0 aliphatic carbocycles. The van der Waals surface area contributed by atoms with Crippen molar-refractivity contribution in [2.75, 3.05) is 16.8 Å². The number of para-hydroxylation sites is 1. The third kappa shape index (κ3) is 3.68. The summed E-state index contributed by atoms with van der Waals surface area (Å²) in [5.41, 5.74) is 3.56. The molecule has 5 heteroatoms. The highest BCUT2D eigenvalue weighted by Crippen LogP contribution is 2.22. The average molecular weight is 319 g/mol. The first-order valence-electron chi connectivity index (χ1n) is 8.08. The highest BCUT2D eigenvalue weighted by atomic mass is 15.3. The van der Waals surface area contributed by atoms with Gasteiger partial charge in [0, 0.05) is 18.8 Å². The Kier molecular flexibility index (Phi) is 5.01. The van der Waals surface area contributed by atoms with Crippen molar-refractivity contribution >= 4 is 17.5 Å². The number of rotatable bonds is 6. The fourth-order valence-corrected chi connectivity index (χ4v) is 2.57. The molecular weight excluding hydrogens is 298 g/mol. The monoisotopic (exact) mass is 319 g/mol. The standard InChI is InChI=1S/C19H21N5/c1-3-24(17-11-5-4-6-12-17)18-14-21-23-19(22-18)20-13-16-10-8-7-9-15(16)2/h4-12,14H,3,13H2,1-2H3,(H,20,22,23). The van der Waals surface area contributed by atoms with E-state index >= 15 is 0 Å². The molecular formula is C19H21N5. The number of benzene rings is 2. The second-order valence-corrected chi connectivity index (χ2v) is 5.50. The predicted octanol–water partition coefficient (Wildman–Crippen LogP) is 3.95. The van der Waals surface area contributed by atoms with Crippen molar-refractivity contribution < 1.29 is 0 Å². The van der Waals surface area contributed by atoms with Crippen LogP contribution in [0, 0.1) is 6.92 Å². The molecule has 1 heterocycles. The van der Waals surface area contributed by atoms with Crippen LogP contribution < -0.4 is 10.2 Å². The zero-order chi connectivity index (χ0) is 16.8. The zero-order valence-electron chi connectivity index (χ0n) is 14.0. The largest absolute Gasteiger partial charge is 0.349 e. The SMILES string of the molecule is CCN(c1ccccc1)c1cnnc(NCc2ccccc2C)n1. The van der Waals surface area contributed by atoms with Crippen LogP contribution in [0.4, 0.5) is 17.5 Å². The normalized spacial score (nSPS) is 10.4. The van der Waals surface area contributed by atoms with Crippen molar-refractivity contribution in [3.8, 4) is 0 Å². The van der Waals surface area contributed by atoms with Crippen LogP contribution in [-0.2, 0) is 6.54 Å². The molecule has 0 atom stereocenters. The van der Waals surface area contributed by atoms with Crippen molar-refractivity contribution in [1.29, 1.82) is 0 Å². The minimum Gasteiger partial charge on any atom is -0.349 e. The van der Waals surface area contributed by atoms with E-state index < -0.39 is 0 Å². The fraction of sp³-hybridized carbons (Fsp3) is 0.211. The summed E-state index contributed by atoms with van der Waals surface area (Å²) >= 11 is 0. The average Bonchev–Trinajstić information content (AvgIpc) is 2.63. The van der Waals surface area contributed by atoms with Crippen LogP contribution in [0.25, 0.3) is 0 Å². The number of anilines is 3. The molecule has 0 aliphatic heterocycles. The van der Waals surface area contributed by atoms with Crippen molar-refractivity contribution in [3.63, 3.8) is 0 Å². The van der Waals surface area contributed by atoms with E-state index in [-0.39, 0.29) is 0 Å². The molecule has 0 spiro atoms. The number of hydrogen-bond donors (Lipinski definition) is 1. The van der Waals surface area contributed by atoms with Crippen molar-refractivity contribution in [2.24, 2.45) is 0 Å². The van der Waals surface area contributed by atoms with Gasteiger partial charge in [-0.15, -0.1) is 5.10 Å². The minimum absolute atomic E-state index is 0.533. The van der Waals surface area contributed by atoms with E-state index in [1.807, 2.05) is 30.3 Å². The molecule has 0 saturated carbocycles. The predicted molar refractivity (Wildman–Crippen MR) is 97.5 cm³/mol. The molecule has 2 aromatic carbocycles. The van der Waals surface area contributed by atoms with E-state index in [9.17, 15) is 0 Å². The Morgan fingerprint density at radius 2 is 1.75 bits per heavy atom. The molecule has 24 heavy (non-hydrogen) atoms. The molecule has 0 amide bonds. The molecule has 1 N–H and O–H groups in total. The van der Waals surface area contributed by atoms with Gasteiger partial charge in [0.1, 0.15) is 0 Å². The Balaban J connectivity index is 1.77. The molecule has 122 valence electrons. The van der Waals surface area contributed by atoms with Gasteiger partial charge in [0.15, 0.2) is 5.82 Å². The third-order valence-corrected chi connectivity index (χ3v) is 3.90. The topological polar surface area (TPSA) is 53.9 Å². The van der Waals surface area contributed by atoms with Gasteiger partial charge < -0.3 is 10.2 Å². The van der Waals surface area contributed by atoms with Crippen LogP contribution in [0.1, 0.15) is 18.1 Å². The highest BCUT2D eigenvalue weighted by molar-refractivity contribution is 5.59. The lowest BCUT2D eigenvalue weighted by molar-refractivity contribution is 0.904. The van der Waals surface area contributed by atoms with Gasteiger partial charge in [0.05, 0.1) is 6.20 Å². The molecule has 0 aliphatic rings. The number of aryl methyl sites for hydroxylation is 1. The first-order valence-corrected chi connectivity index (χ1v) is 8.08. The number of hydrogen-bond acceptors (Lipinski definition) is 5. The number of aromatic nitrogens is 3. The molecule has 3 aromatic rings. The maximum atomic E-state index is 4.61. The maximum absolute atomic E-state index is 4.61. The van der Waals surface area contributed by atoms with Gasteiger partial charge in [0.25, 0.3) is 0 Å². The highest BCUT2D eigenvalue weighted by Gasteiger charge is 2.10. The van der Waals surface area contributed by atoms with E-state index in [1.54, 1.807) is 6.20 Å². The van der Waals surface area contributed by atoms with Crippen LogP contribution in [0.2, 0.25) is 0 Å². The van der Waals surface area contributed by atoms with Gasteiger partial charge in [-0.05, 0) is 37.1 Å². The summed E-state index contributed by atoms with van der Waals surface area (Å²) in [6.45, 7) is 5.67. The summed E-state index contributed by atoms with van der Waals surface area (Å²) in [5.74, 6) is 1.32. The summed E-state index contributed by atoms with van der Waals surface area (Å²) in [7, 11) is 0. The summed E-state index contributed by atoms with van der Waals surface area (Å²) in [6, 6.07) is 18.4. The van der Waals surface area contributed by atoms with Gasteiger partial charge in [-0.3, -0.25) is 0 Å². The minimum atomic E-state index is 0.533. The second-order valence-electron chi connectivity index (χ2n) is 5.50. The van der Waals surface area contributed by atoms with Crippen molar-refractivity contribution in [3.05, 3.63) is 71.9 Å². The Bertz CT molecular complexity index is 789. The summed E-state index contributed by atoms with van der Waals surface area (Å²) in [4.78, 5) is 6.71. The van der Waals surface area contributed by atoms with Crippen molar-refractivity contribution in [2.45, 2.75) is 20.4 Å². The van der Waals surface area contributed by atoms with Crippen LogP contribution in [-0.4, -0.2) is 21.7 Å². The molecule has 0 saturated heterocycles. The Hall–Kier alpha value is -2.95. The Morgan fingerprint density at radius 1 is 1.00 bits per heavy atom. The summed E-state index contributed by atoms with van der Waals surface area (Å²) in [5, 5.41) is 11.5. The summed E-state index contributed by atoms with van der Waals surface area (Å²) in [6.07, 6.45) is 1.69. The van der Waals surface area contributed by atoms with Crippen LogP contribution in [0.3, 0.4) is 0 Å². The molecule has 0 radical (unpaired) electrons. The van der Waals surface area contributed by atoms with Crippen molar-refractivity contribution in [1.82, 2.24) is 15.2 Å². The Morgan fingerprint density at radius 3 is 2.50 bits per heavy atom. The van der Waals surface area contributed by atoms with Gasteiger partial charge >= 0.3 is 0 Å². The van der Waals surface area contributed by atoms with Crippen LogP contribution in [0.15, 0.2) is 60.8 Å². The van der Waals surface area contributed by atoms with Gasteiger partial charge in [-0.2, -0.15) is 10.1 Å². The smallest absolute Gasteiger partial charge is 0.244 e. The van der Waals surface area contributed by atoms with E-state index in [0.717, 1.165) is 18.1 Å². The number of nitrogens with zero attached hydrogens (tertiary/aromatic N) is 4. The second kappa shape index (κ2) is 7.55. The lowest BCUT2D eigenvalue weighted by Gasteiger charge is -2.21. The molecule has 0 fully saturated rings. The summed E-state index contributed by atoms with van der Waals surface area (Å²) < 4.78 is 0. The van der Waals surface area contributed by atoms with E-state index in [1.165, 1.54) is 11.1 Å². The third-order valence-electron chi connectivity index (χ3n) is 3.90. The molecule has 0 bridgehead atoms. The first-order chi connectivity index (χ1) is 11.8.